The second-order valence-electron chi connectivity index (χ2n) is 6.11. The molecule has 136 valence electrons. The van der Waals surface area contributed by atoms with E-state index in [4.69, 9.17) is 16.6 Å². The van der Waals surface area contributed by atoms with Crippen LogP contribution in [0.2, 0.25) is 5.15 Å². The van der Waals surface area contributed by atoms with E-state index in [1.54, 1.807) is 0 Å². The molecule has 0 amide bonds. The number of carbonyl (C=O) groups excluding carboxylic acids is 1. The molecule has 0 bridgehead atoms. The highest BCUT2D eigenvalue weighted by molar-refractivity contribution is 7.14. The lowest BCUT2D eigenvalue weighted by Crippen LogP contribution is -1.98. The van der Waals surface area contributed by atoms with Gasteiger partial charge in [-0.3, -0.25) is 9.20 Å². The molecule has 4 rings (SSSR count). The van der Waals surface area contributed by atoms with Crippen LogP contribution in [0.5, 0.6) is 0 Å². The number of nitrogens with one attached hydrogen (secondary N) is 1. The SMILES string of the molecule is CCC(=O)c1cccc(Nc2nc(-c3c(C)nc4cccc(Cl)n34)cs2)c1. The fraction of sp³-hybridized carbons (Fsp3) is 0.150. The first kappa shape index (κ1) is 17.7. The normalized spacial score (nSPS) is 11.1. The van der Waals surface area contributed by atoms with Gasteiger partial charge in [0.05, 0.1) is 11.4 Å². The van der Waals surface area contributed by atoms with Crippen LogP contribution >= 0.6 is 22.9 Å². The van der Waals surface area contributed by atoms with Gasteiger partial charge >= 0.3 is 0 Å². The molecule has 1 aromatic carbocycles. The summed E-state index contributed by atoms with van der Waals surface area (Å²) in [5, 5.41) is 6.59. The molecule has 0 spiro atoms. The second-order valence-corrected chi connectivity index (χ2v) is 7.35. The fourth-order valence-electron chi connectivity index (χ4n) is 3.01. The zero-order valence-electron chi connectivity index (χ0n) is 14.9. The molecule has 0 aliphatic heterocycles. The Morgan fingerprint density at radius 3 is 2.85 bits per heavy atom. The number of carbonyl (C=O) groups is 1. The molecule has 0 radical (unpaired) electrons. The van der Waals surface area contributed by atoms with E-state index in [0.29, 0.717) is 17.1 Å². The van der Waals surface area contributed by atoms with Crippen molar-refractivity contribution in [2.75, 3.05) is 5.32 Å². The molecule has 0 saturated carbocycles. The summed E-state index contributed by atoms with van der Waals surface area (Å²) in [5.41, 5.74) is 4.89. The van der Waals surface area contributed by atoms with Gasteiger partial charge in [0.25, 0.3) is 0 Å². The van der Waals surface area contributed by atoms with Crippen LogP contribution in [0.4, 0.5) is 10.8 Å². The number of hydrogen-bond acceptors (Lipinski definition) is 5. The third-order valence-corrected chi connectivity index (χ3v) is 5.33. The molecule has 0 aliphatic carbocycles. The van der Waals surface area contributed by atoms with Crippen molar-refractivity contribution >= 4 is 45.2 Å². The molecular weight excluding hydrogens is 380 g/mol. The average molecular weight is 397 g/mol. The first-order chi connectivity index (χ1) is 13.1. The second kappa shape index (κ2) is 7.13. The van der Waals surface area contributed by atoms with Crippen LogP contribution in [0, 0.1) is 6.92 Å². The summed E-state index contributed by atoms with van der Waals surface area (Å²) >= 11 is 7.87. The van der Waals surface area contributed by atoms with Gasteiger partial charge in [0.2, 0.25) is 0 Å². The van der Waals surface area contributed by atoms with Crippen LogP contribution in [0.1, 0.15) is 29.4 Å². The number of hydrogen-bond donors (Lipinski definition) is 1. The zero-order chi connectivity index (χ0) is 19.0. The van der Waals surface area contributed by atoms with Crippen molar-refractivity contribution in [1.82, 2.24) is 14.4 Å². The number of aromatic nitrogens is 3. The fourth-order valence-corrected chi connectivity index (χ4v) is 3.96. The number of anilines is 2. The number of benzene rings is 1. The monoisotopic (exact) mass is 396 g/mol. The molecule has 3 aromatic heterocycles. The zero-order valence-corrected chi connectivity index (χ0v) is 16.4. The van der Waals surface area contributed by atoms with E-state index in [9.17, 15) is 4.79 Å². The first-order valence-corrected chi connectivity index (χ1v) is 9.82. The molecule has 0 fully saturated rings. The molecular formula is C20H17ClN4OS. The Balaban J connectivity index is 1.67. The van der Waals surface area contributed by atoms with E-state index in [0.717, 1.165) is 33.5 Å². The summed E-state index contributed by atoms with van der Waals surface area (Å²) in [4.78, 5) is 21.2. The van der Waals surface area contributed by atoms with E-state index in [2.05, 4.69) is 10.3 Å². The Bertz CT molecular complexity index is 1150. The van der Waals surface area contributed by atoms with Crippen molar-refractivity contribution in [2.24, 2.45) is 0 Å². The molecule has 7 heteroatoms. The Hall–Kier alpha value is -2.70. The maximum absolute atomic E-state index is 11.9. The molecule has 0 unspecified atom stereocenters. The van der Waals surface area contributed by atoms with Crippen molar-refractivity contribution in [3.05, 3.63) is 64.3 Å². The Labute approximate surface area is 165 Å². The lowest BCUT2D eigenvalue weighted by atomic mass is 10.1. The van der Waals surface area contributed by atoms with E-state index in [1.165, 1.54) is 11.3 Å². The Morgan fingerprint density at radius 2 is 2.04 bits per heavy atom. The van der Waals surface area contributed by atoms with Crippen molar-refractivity contribution < 1.29 is 4.79 Å². The summed E-state index contributed by atoms with van der Waals surface area (Å²) < 4.78 is 1.90. The van der Waals surface area contributed by atoms with Crippen LogP contribution in [-0.2, 0) is 0 Å². The van der Waals surface area contributed by atoms with Gasteiger partial charge in [-0.2, -0.15) is 0 Å². The molecule has 1 N–H and O–H groups in total. The largest absolute Gasteiger partial charge is 0.332 e. The van der Waals surface area contributed by atoms with Gasteiger partial charge < -0.3 is 5.32 Å². The summed E-state index contributed by atoms with van der Waals surface area (Å²) in [6.45, 7) is 3.81. The number of aryl methyl sites for hydroxylation is 1. The lowest BCUT2D eigenvalue weighted by molar-refractivity contribution is 0.0988. The predicted molar refractivity (Wildman–Crippen MR) is 110 cm³/mol. The summed E-state index contributed by atoms with van der Waals surface area (Å²) in [5.74, 6) is 0.120. The molecule has 0 aliphatic rings. The minimum absolute atomic E-state index is 0.120. The van der Waals surface area contributed by atoms with Crippen LogP contribution in [0.25, 0.3) is 17.0 Å². The minimum atomic E-state index is 0.120. The van der Waals surface area contributed by atoms with Crippen LogP contribution in [-0.4, -0.2) is 20.2 Å². The van der Waals surface area contributed by atoms with Crippen LogP contribution in [0.15, 0.2) is 47.8 Å². The van der Waals surface area contributed by atoms with E-state index < -0.39 is 0 Å². The quantitative estimate of drug-likeness (QED) is 0.344. The van der Waals surface area contributed by atoms with Gasteiger partial charge in [-0.15, -0.1) is 11.3 Å². The maximum atomic E-state index is 11.9. The molecule has 0 atom stereocenters. The molecule has 27 heavy (non-hydrogen) atoms. The number of pyridine rings is 1. The predicted octanol–water partition coefficient (Wildman–Crippen LogP) is 5.76. The number of imidazole rings is 1. The van der Waals surface area contributed by atoms with Gasteiger partial charge in [-0.05, 0) is 31.2 Å². The highest BCUT2D eigenvalue weighted by Crippen LogP contribution is 2.31. The number of Topliss-reactive ketones (excluding diaryl/α,β-unsaturated/α-hetero) is 1. The van der Waals surface area contributed by atoms with Gasteiger partial charge in [-0.25, -0.2) is 9.97 Å². The highest BCUT2D eigenvalue weighted by Gasteiger charge is 2.16. The number of ketones is 1. The highest BCUT2D eigenvalue weighted by atomic mass is 35.5. The Morgan fingerprint density at radius 1 is 1.22 bits per heavy atom. The van der Waals surface area contributed by atoms with Crippen molar-refractivity contribution in [3.8, 4) is 11.4 Å². The van der Waals surface area contributed by atoms with E-state index >= 15 is 0 Å². The van der Waals surface area contributed by atoms with Gasteiger partial charge in [-0.1, -0.05) is 36.7 Å². The minimum Gasteiger partial charge on any atom is -0.332 e. The standard InChI is InChI=1S/C20H17ClN4OS/c1-3-16(26)13-6-4-7-14(10-13)23-20-24-15(11-27-20)19-12(2)22-18-9-5-8-17(21)25(18)19/h4-11H,3H2,1-2H3,(H,23,24). The smallest absolute Gasteiger partial charge is 0.187 e. The summed E-state index contributed by atoms with van der Waals surface area (Å²) in [7, 11) is 0. The number of fused-ring (bicyclic) bond motifs is 1. The lowest BCUT2D eigenvalue weighted by Gasteiger charge is -2.05. The van der Waals surface area contributed by atoms with Gasteiger partial charge in [0, 0.05) is 23.1 Å². The van der Waals surface area contributed by atoms with Gasteiger partial charge in [0.15, 0.2) is 10.9 Å². The Kier molecular flexibility index (Phi) is 4.68. The summed E-state index contributed by atoms with van der Waals surface area (Å²) in [6, 6.07) is 13.1. The van der Waals surface area contributed by atoms with Crippen molar-refractivity contribution in [1.29, 1.82) is 0 Å². The summed E-state index contributed by atoms with van der Waals surface area (Å²) in [6.07, 6.45) is 0.485. The van der Waals surface area contributed by atoms with Crippen LogP contribution < -0.4 is 5.32 Å². The molecule has 5 nitrogen and oxygen atoms in total. The number of thiazole rings is 1. The molecule has 3 heterocycles. The van der Waals surface area contributed by atoms with Crippen LogP contribution in [0.3, 0.4) is 0 Å². The number of rotatable bonds is 5. The van der Waals surface area contributed by atoms with E-state index in [1.807, 2.05) is 66.1 Å². The van der Waals surface area contributed by atoms with E-state index in [-0.39, 0.29) is 5.78 Å². The molecule has 0 saturated heterocycles. The first-order valence-electron chi connectivity index (χ1n) is 8.56. The number of halogens is 1. The number of nitrogens with zero attached hydrogens (tertiary/aromatic N) is 3. The average Bonchev–Trinajstić information content (AvgIpc) is 3.25. The maximum Gasteiger partial charge on any atom is 0.187 e. The van der Waals surface area contributed by atoms with Crippen molar-refractivity contribution in [3.63, 3.8) is 0 Å². The third kappa shape index (κ3) is 3.34. The van der Waals surface area contributed by atoms with Crippen molar-refractivity contribution in [2.45, 2.75) is 20.3 Å². The topological polar surface area (TPSA) is 59.3 Å². The molecule has 4 aromatic rings. The third-order valence-electron chi connectivity index (χ3n) is 4.27. The van der Waals surface area contributed by atoms with Gasteiger partial charge in [0.1, 0.15) is 16.5 Å².